The fourth-order valence-corrected chi connectivity index (χ4v) is 4.91. The minimum Gasteiger partial charge on any atom is -0.492 e. The molecule has 9 heteroatoms. The van der Waals surface area contributed by atoms with Crippen LogP contribution in [0.1, 0.15) is 38.5 Å². The Balaban J connectivity index is 1.12. The van der Waals surface area contributed by atoms with Gasteiger partial charge in [0, 0.05) is 50.7 Å². The van der Waals surface area contributed by atoms with Crippen molar-refractivity contribution in [2.24, 2.45) is 0 Å². The second kappa shape index (κ2) is 10.1. The molecule has 1 aliphatic carbocycles. The quantitative estimate of drug-likeness (QED) is 0.600. The van der Waals surface area contributed by atoms with Crippen molar-refractivity contribution < 1.29 is 19.1 Å². The predicted molar refractivity (Wildman–Crippen MR) is 121 cm³/mol. The molecular weight excluding hydrogens is 432 g/mol. The van der Waals surface area contributed by atoms with E-state index in [1.807, 2.05) is 17.0 Å². The van der Waals surface area contributed by atoms with Crippen LogP contribution in [0, 0.1) is 0 Å². The molecule has 2 saturated heterocycles. The Morgan fingerprint density at radius 3 is 2.41 bits per heavy atom. The van der Waals surface area contributed by atoms with Gasteiger partial charge in [-0.15, -0.1) is 0 Å². The number of nitrogens with one attached hydrogen (secondary N) is 1. The van der Waals surface area contributed by atoms with Gasteiger partial charge in [-0.05, 0) is 43.5 Å². The van der Waals surface area contributed by atoms with E-state index in [1.165, 1.54) is 4.90 Å². The van der Waals surface area contributed by atoms with Crippen molar-refractivity contribution in [3.8, 4) is 5.75 Å². The maximum atomic E-state index is 12.7. The number of ether oxygens (including phenoxy) is 1. The molecule has 1 aromatic rings. The summed E-state index contributed by atoms with van der Waals surface area (Å²) < 4.78 is 5.75. The Hall–Kier alpha value is -2.32. The molecule has 174 valence electrons. The van der Waals surface area contributed by atoms with Crippen LogP contribution < -0.4 is 10.1 Å². The van der Waals surface area contributed by atoms with E-state index in [2.05, 4.69) is 10.2 Å². The molecule has 3 fully saturated rings. The van der Waals surface area contributed by atoms with Crippen LogP contribution >= 0.6 is 11.6 Å². The summed E-state index contributed by atoms with van der Waals surface area (Å²) in [6.07, 6.45) is 4.24. The van der Waals surface area contributed by atoms with Gasteiger partial charge in [0.05, 0.1) is 0 Å². The van der Waals surface area contributed by atoms with Crippen molar-refractivity contribution >= 4 is 29.4 Å². The lowest BCUT2D eigenvalue weighted by atomic mass is 9.98. The molecule has 32 heavy (non-hydrogen) atoms. The van der Waals surface area contributed by atoms with Crippen molar-refractivity contribution in [3.05, 3.63) is 29.3 Å². The molecule has 2 heterocycles. The van der Waals surface area contributed by atoms with E-state index in [4.69, 9.17) is 16.3 Å². The van der Waals surface area contributed by atoms with Gasteiger partial charge in [0.2, 0.25) is 5.91 Å². The number of amides is 4. The van der Waals surface area contributed by atoms with Gasteiger partial charge in [-0.3, -0.25) is 19.4 Å². The van der Waals surface area contributed by atoms with Crippen LogP contribution in [0.3, 0.4) is 0 Å². The third kappa shape index (κ3) is 5.18. The minimum absolute atomic E-state index is 0.0877. The van der Waals surface area contributed by atoms with Crippen molar-refractivity contribution in [2.45, 2.75) is 44.1 Å². The first-order chi connectivity index (χ1) is 15.5. The number of urea groups is 1. The van der Waals surface area contributed by atoms with Gasteiger partial charge in [0.25, 0.3) is 5.91 Å². The van der Waals surface area contributed by atoms with Crippen LogP contribution in [0.15, 0.2) is 24.3 Å². The fraction of sp³-hybridized carbons (Fsp3) is 0.609. The van der Waals surface area contributed by atoms with Crippen molar-refractivity contribution in [2.75, 3.05) is 45.9 Å². The Bertz CT molecular complexity index is 833. The lowest BCUT2D eigenvalue weighted by Gasteiger charge is -2.34. The maximum Gasteiger partial charge on any atom is 0.325 e. The molecule has 0 radical (unpaired) electrons. The molecular formula is C23H31ClN4O4. The summed E-state index contributed by atoms with van der Waals surface area (Å²) >= 11 is 5.88. The van der Waals surface area contributed by atoms with E-state index >= 15 is 0 Å². The van der Waals surface area contributed by atoms with Gasteiger partial charge in [-0.25, -0.2) is 4.79 Å². The number of benzene rings is 1. The van der Waals surface area contributed by atoms with E-state index < -0.39 is 5.54 Å². The highest BCUT2D eigenvalue weighted by molar-refractivity contribution is 6.30. The SMILES string of the molecule is O=C(CCCN1C(=O)NC2(CCCC2)C1=O)N1CCN(CCOc2ccc(Cl)cc2)CC1. The van der Waals surface area contributed by atoms with Crippen LogP contribution in [0.25, 0.3) is 0 Å². The first-order valence-electron chi connectivity index (χ1n) is 11.5. The molecule has 0 atom stereocenters. The summed E-state index contributed by atoms with van der Waals surface area (Å²) in [5.74, 6) is 0.777. The zero-order valence-corrected chi connectivity index (χ0v) is 19.1. The summed E-state index contributed by atoms with van der Waals surface area (Å²) in [6, 6.07) is 7.01. The number of rotatable bonds is 8. The zero-order valence-electron chi connectivity index (χ0n) is 18.4. The fourth-order valence-electron chi connectivity index (χ4n) is 4.79. The normalized spacial score (nSPS) is 20.8. The molecule has 0 unspecified atom stereocenters. The summed E-state index contributed by atoms with van der Waals surface area (Å²) in [4.78, 5) is 42.9. The Kier molecular flexibility index (Phi) is 7.20. The largest absolute Gasteiger partial charge is 0.492 e. The monoisotopic (exact) mass is 462 g/mol. The first-order valence-corrected chi connectivity index (χ1v) is 11.9. The van der Waals surface area contributed by atoms with Crippen LogP contribution in [-0.2, 0) is 9.59 Å². The van der Waals surface area contributed by atoms with Crippen LogP contribution in [0.2, 0.25) is 5.02 Å². The number of halogens is 1. The van der Waals surface area contributed by atoms with Crippen molar-refractivity contribution in [1.29, 1.82) is 0 Å². The predicted octanol–water partition coefficient (Wildman–Crippen LogP) is 2.51. The van der Waals surface area contributed by atoms with Crippen molar-refractivity contribution in [1.82, 2.24) is 20.0 Å². The van der Waals surface area contributed by atoms with E-state index in [0.29, 0.717) is 44.1 Å². The summed E-state index contributed by atoms with van der Waals surface area (Å²) in [5.41, 5.74) is -0.672. The summed E-state index contributed by atoms with van der Waals surface area (Å²) in [7, 11) is 0. The second-order valence-electron chi connectivity index (χ2n) is 8.80. The first kappa shape index (κ1) is 22.9. The molecule has 2 aliphatic heterocycles. The van der Waals surface area contributed by atoms with E-state index in [1.54, 1.807) is 12.1 Å². The van der Waals surface area contributed by atoms with E-state index in [-0.39, 0.29) is 17.8 Å². The number of hydrogen-bond acceptors (Lipinski definition) is 5. The Labute approximate surface area is 193 Å². The molecule has 1 spiro atoms. The van der Waals surface area contributed by atoms with Gasteiger partial charge < -0.3 is 15.0 Å². The lowest BCUT2D eigenvalue weighted by Crippen LogP contribution is -2.49. The molecule has 0 bridgehead atoms. The number of carbonyl (C=O) groups is 3. The highest BCUT2D eigenvalue weighted by Gasteiger charge is 2.52. The second-order valence-corrected chi connectivity index (χ2v) is 9.24. The smallest absolute Gasteiger partial charge is 0.325 e. The van der Waals surface area contributed by atoms with Crippen LogP contribution in [-0.4, -0.2) is 84.0 Å². The van der Waals surface area contributed by atoms with E-state index in [0.717, 1.165) is 51.1 Å². The zero-order chi connectivity index (χ0) is 22.6. The topological polar surface area (TPSA) is 82.2 Å². The Morgan fingerprint density at radius 2 is 1.72 bits per heavy atom. The molecule has 1 N–H and O–H groups in total. The lowest BCUT2D eigenvalue weighted by molar-refractivity contribution is -0.134. The van der Waals surface area contributed by atoms with Gasteiger partial charge in [-0.2, -0.15) is 0 Å². The van der Waals surface area contributed by atoms with Gasteiger partial charge >= 0.3 is 6.03 Å². The average molecular weight is 463 g/mol. The highest BCUT2D eigenvalue weighted by atomic mass is 35.5. The van der Waals surface area contributed by atoms with Gasteiger partial charge in [-0.1, -0.05) is 24.4 Å². The third-order valence-electron chi connectivity index (χ3n) is 6.69. The number of carbonyl (C=O) groups excluding carboxylic acids is 3. The maximum absolute atomic E-state index is 12.7. The minimum atomic E-state index is -0.672. The molecule has 8 nitrogen and oxygen atoms in total. The van der Waals surface area contributed by atoms with Gasteiger partial charge in [0.1, 0.15) is 17.9 Å². The van der Waals surface area contributed by atoms with Crippen LogP contribution in [0.5, 0.6) is 5.75 Å². The Morgan fingerprint density at radius 1 is 1.03 bits per heavy atom. The van der Waals surface area contributed by atoms with Crippen molar-refractivity contribution in [3.63, 3.8) is 0 Å². The van der Waals surface area contributed by atoms with E-state index in [9.17, 15) is 14.4 Å². The number of hydrogen-bond donors (Lipinski definition) is 1. The molecule has 1 aromatic carbocycles. The summed E-state index contributed by atoms with van der Waals surface area (Å²) in [5, 5.41) is 3.57. The summed E-state index contributed by atoms with van der Waals surface area (Å²) in [6.45, 7) is 4.69. The molecule has 3 aliphatic rings. The third-order valence-corrected chi connectivity index (χ3v) is 6.94. The molecule has 1 saturated carbocycles. The standard InChI is InChI=1S/C23H31ClN4O4/c24-18-5-7-19(8-6-18)32-17-16-26-12-14-27(15-13-26)20(29)4-3-11-28-21(30)23(25-22(28)31)9-1-2-10-23/h5-8H,1-4,9-17H2,(H,25,31). The number of imide groups is 1. The molecule has 4 rings (SSSR count). The number of piperazine rings is 1. The number of nitrogens with zero attached hydrogens (tertiary/aromatic N) is 3. The van der Waals surface area contributed by atoms with Gasteiger partial charge in [0.15, 0.2) is 0 Å². The highest BCUT2D eigenvalue weighted by Crippen LogP contribution is 2.35. The average Bonchev–Trinajstić information content (AvgIpc) is 3.35. The molecule has 4 amide bonds. The van der Waals surface area contributed by atoms with Crippen LogP contribution in [0.4, 0.5) is 4.79 Å². The molecule has 0 aromatic heterocycles.